The Bertz CT molecular complexity index is 1200. The van der Waals surface area contributed by atoms with Crippen molar-refractivity contribution in [2.24, 2.45) is 0 Å². The van der Waals surface area contributed by atoms with Crippen LogP contribution in [0, 0.1) is 0 Å². The van der Waals surface area contributed by atoms with Gasteiger partial charge < -0.3 is 14.1 Å². The van der Waals surface area contributed by atoms with Crippen molar-refractivity contribution < 1.29 is 18.7 Å². The number of para-hydroxylation sites is 1. The molecule has 0 N–H and O–H groups in total. The highest BCUT2D eigenvalue weighted by Gasteiger charge is 2.38. The molecule has 33 heavy (non-hydrogen) atoms. The van der Waals surface area contributed by atoms with E-state index in [1.54, 1.807) is 24.5 Å². The molecule has 1 aliphatic heterocycles. The third-order valence-corrected chi connectivity index (χ3v) is 6.65. The average Bonchev–Trinajstić information content (AvgIpc) is 3.51. The summed E-state index contributed by atoms with van der Waals surface area (Å²) in [5.74, 6) is 0.493. The lowest BCUT2D eigenvalue weighted by Crippen LogP contribution is -2.25. The van der Waals surface area contributed by atoms with E-state index in [0.717, 1.165) is 16.9 Å². The summed E-state index contributed by atoms with van der Waals surface area (Å²) in [7, 11) is 1.94. The number of allylic oxidation sites excluding steroid dienone is 1. The lowest BCUT2D eigenvalue weighted by atomic mass is 9.83. The van der Waals surface area contributed by atoms with E-state index in [1.807, 2.05) is 41.6 Å². The van der Waals surface area contributed by atoms with E-state index in [-0.39, 0.29) is 23.6 Å². The second kappa shape index (κ2) is 9.27. The number of aromatic nitrogens is 3. The van der Waals surface area contributed by atoms with Crippen LogP contribution < -0.4 is 4.90 Å². The molecule has 1 aromatic carbocycles. The Hall–Kier alpha value is -3.33. The highest BCUT2D eigenvalue weighted by molar-refractivity contribution is 7.99. The van der Waals surface area contributed by atoms with Crippen LogP contribution in [0.25, 0.3) is 11.6 Å². The molecule has 0 atom stereocenters. The number of anilines is 1. The molecule has 2 aromatic heterocycles. The Kier molecular flexibility index (Phi) is 6.42. The van der Waals surface area contributed by atoms with E-state index in [9.17, 15) is 9.59 Å². The molecule has 4 rings (SSSR count). The minimum absolute atomic E-state index is 0.0248. The number of hydrogen-bond donors (Lipinski definition) is 0. The van der Waals surface area contributed by atoms with Crippen molar-refractivity contribution in [1.82, 2.24) is 14.8 Å². The Morgan fingerprint density at radius 1 is 1.18 bits per heavy atom. The van der Waals surface area contributed by atoms with E-state index in [2.05, 4.69) is 30.1 Å². The summed E-state index contributed by atoms with van der Waals surface area (Å²) < 4.78 is 12.5. The van der Waals surface area contributed by atoms with Crippen LogP contribution in [-0.4, -0.2) is 45.9 Å². The number of esters is 1. The van der Waals surface area contributed by atoms with E-state index in [4.69, 9.17) is 9.15 Å². The van der Waals surface area contributed by atoms with Crippen LogP contribution >= 0.6 is 11.8 Å². The summed E-state index contributed by atoms with van der Waals surface area (Å²) >= 11 is 1.21. The normalized spacial score (nSPS) is 15.6. The van der Waals surface area contributed by atoms with Gasteiger partial charge in [0, 0.05) is 36.5 Å². The number of nitrogens with zero attached hydrogens (tertiary/aromatic N) is 4. The van der Waals surface area contributed by atoms with Crippen molar-refractivity contribution in [3.63, 3.8) is 0 Å². The van der Waals surface area contributed by atoms with Crippen molar-refractivity contribution in [3.8, 4) is 11.6 Å². The molecule has 0 saturated carbocycles. The van der Waals surface area contributed by atoms with Gasteiger partial charge in [-0.15, -0.1) is 10.2 Å². The SMILES string of the molecule is CCn1c(SCC(=O)OCC(=O)/C=C2/N(C)c3ccccc3C2(C)C)nnc1-c1ccco1. The van der Waals surface area contributed by atoms with Crippen molar-refractivity contribution >= 4 is 29.2 Å². The fraction of sp³-hybridized carbons (Fsp3) is 0.333. The van der Waals surface area contributed by atoms with E-state index in [1.165, 1.54) is 11.8 Å². The van der Waals surface area contributed by atoms with Gasteiger partial charge in [-0.3, -0.25) is 14.2 Å². The highest BCUT2D eigenvalue weighted by atomic mass is 32.2. The second-order valence-electron chi connectivity index (χ2n) is 8.17. The summed E-state index contributed by atoms with van der Waals surface area (Å²) in [6.45, 7) is 6.44. The number of carbonyl (C=O) groups is 2. The topological polar surface area (TPSA) is 90.5 Å². The number of benzene rings is 1. The third-order valence-electron chi connectivity index (χ3n) is 5.71. The number of fused-ring (bicyclic) bond motifs is 1. The van der Waals surface area contributed by atoms with Crippen molar-refractivity contribution in [2.75, 3.05) is 24.3 Å². The molecule has 9 heteroatoms. The first-order valence-corrected chi connectivity index (χ1v) is 11.6. The monoisotopic (exact) mass is 466 g/mol. The number of likely N-dealkylation sites (N-methyl/N-ethyl adjacent to an activating group) is 1. The molecule has 0 amide bonds. The first-order chi connectivity index (χ1) is 15.8. The number of ether oxygens (including phenoxy) is 1. The van der Waals surface area contributed by atoms with Gasteiger partial charge in [-0.05, 0) is 30.7 Å². The lowest BCUT2D eigenvalue weighted by molar-refractivity contribution is -0.144. The van der Waals surface area contributed by atoms with Crippen LogP contribution in [0.2, 0.25) is 0 Å². The van der Waals surface area contributed by atoms with Crippen molar-refractivity contribution in [3.05, 3.63) is 60.0 Å². The first kappa shape index (κ1) is 22.8. The zero-order valence-corrected chi connectivity index (χ0v) is 19.9. The molecular formula is C24H26N4O4S. The maximum Gasteiger partial charge on any atom is 0.316 e. The molecule has 1 aliphatic rings. The van der Waals surface area contributed by atoms with Gasteiger partial charge in [0.2, 0.25) is 0 Å². The molecule has 172 valence electrons. The van der Waals surface area contributed by atoms with Crippen LogP contribution in [0.4, 0.5) is 5.69 Å². The van der Waals surface area contributed by atoms with Gasteiger partial charge in [0.1, 0.15) is 0 Å². The zero-order chi connectivity index (χ0) is 23.6. The van der Waals surface area contributed by atoms with Crippen LogP contribution in [0.5, 0.6) is 0 Å². The number of ketones is 1. The highest BCUT2D eigenvalue weighted by Crippen LogP contribution is 2.46. The number of thioether (sulfide) groups is 1. The maximum absolute atomic E-state index is 12.6. The van der Waals surface area contributed by atoms with Gasteiger partial charge in [0.15, 0.2) is 29.1 Å². The third kappa shape index (κ3) is 4.45. The Morgan fingerprint density at radius 3 is 2.67 bits per heavy atom. The molecule has 0 aliphatic carbocycles. The van der Waals surface area contributed by atoms with Gasteiger partial charge in [0.25, 0.3) is 0 Å². The van der Waals surface area contributed by atoms with Crippen LogP contribution in [0.1, 0.15) is 26.3 Å². The van der Waals surface area contributed by atoms with Gasteiger partial charge in [0.05, 0.1) is 12.0 Å². The molecule has 0 unspecified atom stereocenters. The van der Waals surface area contributed by atoms with E-state index >= 15 is 0 Å². The fourth-order valence-corrected chi connectivity index (χ4v) is 4.84. The quantitative estimate of drug-likeness (QED) is 0.279. The number of furan rings is 1. The standard InChI is InChI=1S/C24H26N4O4S/c1-5-28-22(19-11-8-12-31-19)25-26-23(28)33-15-21(30)32-14-16(29)13-20-24(2,3)17-9-6-7-10-18(17)27(20)4/h6-13H,5,14-15H2,1-4H3/b20-13+. The Labute approximate surface area is 196 Å². The predicted octanol–water partition coefficient (Wildman–Crippen LogP) is 4.07. The summed E-state index contributed by atoms with van der Waals surface area (Å²) in [5.41, 5.74) is 2.80. The Morgan fingerprint density at radius 2 is 1.97 bits per heavy atom. The molecule has 0 saturated heterocycles. The first-order valence-electron chi connectivity index (χ1n) is 10.7. The molecule has 0 bridgehead atoms. The van der Waals surface area contributed by atoms with Crippen molar-refractivity contribution in [2.45, 2.75) is 37.9 Å². The maximum atomic E-state index is 12.6. The molecule has 3 aromatic rings. The Balaban J connectivity index is 1.34. The van der Waals surface area contributed by atoms with Crippen LogP contribution in [-0.2, 0) is 26.3 Å². The van der Waals surface area contributed by atoms with Crippen LogP contribution in [0.3, 0.4) is 0 Å². The lowest BCUT2D eigenvalue weighted by Gasteiger charge is -2.23. The van der Waals surface area contributed by atoms with Gasteiger partial charge in [-0.25, -0.2) is 0 Å². The van der Waals surface area contributed by atoms with Gasteiger partial charge in [-0.2, -0.15) is 0 Å². The minimum atomic E-state index is -0.487. The molecule has 3 heterocycles. The second-order valence-corrected chi connectivity index (χ2v) is 9.12. The van der Waals surface area contributed by atoms with Gasteiger partial charge in [-0.1, -0.05) is 43.8 Å². The van der Waals surface area contributed by atoms with E-state index < -0.39 is 5.97 Å². The number of rotatable bonds is 8. The smallest absolute Gasteiger partial charge is 0.316 e. The summed E-state index contributed by atoms with van der Waals surface area (Å²) in [5, 5.41) is 8.89. The molecule has 0 spiro atoms. The largest absolute Gasteiger partial charge is 0.461 e. The fourth-order valence-electron chi connectivity index (χ4n) is 4.04. The molecule has 8 nitrogen and oxygen atoms in total. The average molecular weight is 467 g/mol. The molecule has 0 radical (unpaired) electrons. The zero-order valence-electron chi connectivity index (χ0n) is 19.1. The summed E-state index contributed by atoms with van der Waals surface area (Å²) in [6.07, 6.45) is 3.15. The molecule has 0 fully saturated rings. The summed E-state index contributed by atoms with van der Waals surface area (Å²) in [4.78, 5) is 26.8. The van der Waals surface area contributed by atoms with Crippen LogP contribution in [0.15, 0.2) is 64.0 Å². The number of carbonyl (C=O) groups excluding carboxylic acids is 2. The van der Waals surface area contributed by atoms with Gasteiger partial charge >= 0.3 is 5.97 Å². The minimum Gasteiger partial charge on any atom is -0.461 e. The van der Waals surface area contributed by atoms with E-state index in [0.29, 0.717) is 23.3 Å². The summed E-state index contributed by atoms with van der Waals surface area (Å²) in [6, 6.07) is 11.7. The molecular weight excluding hydrogens is 440 g/mol. The van der Waals surface area contributed by atoms with Crippen molar-refractivity contribution in [1.29, 1.82) is 0 Å². The number of hydrogen-bond acceptors (Lipinski definition) is 8. The predicted molar refractivity (Wildman–Crippen MR) is 126 cm³/mol.